The van der Waals surface area contributed by atoms with Crippen molar-refractivity contribution in [3.8, 4) is 11.3 Å². The zero-order chi connectivity index (χ0) is 11.4. The van der Waals surface area contributed by atoms with E-state index >= 15 is 0 Å². The second-order valence-electron chi connectivity index (χ2n) is 3.45. The molecule has 0 aliphatic heterocycles. The van der Waals surface area contributed by atoms with Crippen LogP contribution in [0.25, 0.3) is 11.3 Å². The van der Waals surface area contributed by atoms with E-state index in [1.54, 1.807) is 6.08 Å². The molecule has 0 aliphatic carbocycles. The Kier molecular flexibility index (Phi) is 3.17. The third-order valence-corrected chi connectivity index (χ3v) is 2.41. The summed E-state index contributed by atoms with van der Waals surface area (Å²) in [5, 5.41) is 13.1. The van der Waals surface area contributed by atoms with Gasteiger partial charge in [-0.25, -0.2) is 0 Å². The van der Waals surface area contributed by atoms with Crippen molar-refractivity contribution in [2.45, 2.75) is 13.0 Å². The fourth-order valence-corrected chi connectivity index (χ4v) is 1.65. The molecule has 0 aliphatic rings. The molecule has 0 radical (unpaired) electrons. The molecule has 1 heterocycles. The Labute approximate surface area is 94.0 Å². The number of rotatable bonds is 4. The number of aromatic nitrogens is 1. The molecule has 3 heteroatoms. The van der Waals surface area contributed by atoms with Crippen LogP contribution in [0.5, 0.6) is 0 Å². The van der Waals surface area contributed by atoms with Crippen molar-refractivity contribution in [2.75, 3.05) is 0 Å². The van der Waals surface area contributed by atoms with Gasteiger partial charge in [0.2, 0.25) is 0 Å². The van der Waals surface area contributed by atoms with E-state index in [-0.39, 0.29) is 6.61 Å². The summed E-state index contributed by atoms with van der Waals surface area (Å²) < 4.78 is 5.10. The van der Waals surface area contributed by atoms with E-state index in [9.17, 15) is 0 Å². The van der Waals surface area contributed by atoms with Gasteiger partial charge in [0.15, 0.2) is 5.76 Å². The molecule has 0 saturated carbocycles. The van der Waals surface area contributed by atoms with Gasteiger partial charge < -0.3 is 9.63 Å². The van der Waals surface area contributed by atoms with E-state index in [4.69, 9.17) is 9.63 Å². The van der Waals surface area contributed by atoms with Crippen LogP contribution in [0.15, 0.2) is 47.5 Å². The van der Waals surface area contributed by atoms with Gasteiger partial charge in [0.25, 0.3) is 0 Å². The first kappa shape index (κ1) is 10.6. The van der Waals surface area contributed by atoms with Crippen molar-refractivity contribution < 1.29 is 9.63 Å². The van der Waals surface area contributed by atoms with Gasteiger partial charge in [-0.05, 0) is 6.42 Å². The summed E-state index contributed by atoms with van der Waals surface area (Å²) in [6, 6.07) is 9.77. The van der Waals surface area contributed by atoms with E-state index in [1.165, 1.54) is 0 Å². The highest BCUT2D eigenvalue weighted by Crippen LogP contribution is 2.25. The Hall–Kier alpha value is -1.87. The van der Waals surface area contributed by atoms with Crippen LogP contribution in [0.4, 0.5) is 0 Å². The first-order valence-electron chi connectivity index (χ1n) is 5.11. The molecule has 2 aromatic rings. The predicted octanol–water partition coefficient (Wildman–Crippen LogP) is 2.56. The fourth-order valence-electron chi connectivity index (χ4n) is 1.65. The highest BCUT2D eigenvalue weighted by Gasteiger charge is 2.14. The number of benzene rings is 1. The Morgan fingerprint density at radius 1 is 1.31 bits per heavy atom. The SMILES string of the molecule is C=CCc1c(-c2ccccc2)noc1CO. The van der Waals surface area contributed by atoms with E-state index < -0.39 is 0 Å². The lowest BCUT2D eigenvalue weighted by Crippen LogP contribution is -1.90. The molecule has 2 rings (SSSR count). The molecule has 0 fully saturated rings. The first-order chi connectivity index (χ1) is 7.86. The molecule has 1 aromatic heterocycles. The molecule has 0 bridgehead atoms. The van der Waals surface area contributed by atoms with Crippen molar-refractivity contribution in [2.24, 2.45) is 0 Å². The molecular formula is C13H13NO2. The van der Waals surface area contributed by atoms with Crippen LogP contribution in [0.3, 0.4) is 0 Å². The van der Waals surface area contributed by atoms with Gasteiger partial charge >= 0.3 is 0 Å². The number of hydrogen-bond donors (Lipinski definition) is 1. The van der Waals surface area contributed by atoms with Crippen LogP contribution in [-0.4, -0.2) is 10.3 Å². The Balaban J connectivity index is 2.48. The van der Waals surface area contributed by atoms with E-state index in [1.807, 2.05) is 30.3 Å². The second kappa shape index (κ2) is 4.77. The molecule has 16 heavy (non-hydrogen) atoms. The molecule has 1 aromatic carbocycles. The topological polar surface area (TPSA) is 46.3 Å². The molecule has 1 N–H and O–H groups in total. The monoisotopic (exact) mass is 215 g/mol. The molecule has 82 valence electrons. The average Bonchev–Trinajstić information content (AvgIpc) is 2.74. The highest BCUT2D eigenvalue weighted by atomic mass is 16.5. The van der Waals surface area contributed by atoms with E-state index in [0.717, 1.165) is 16.8 Å². The molecule has 0 unspecified atom stereocenters. The van der Waals surface area contributed by atoms with Gasteiger partial charge in [-0.3, -0.25) is 0 Å². The van der Waals surface area contributed by atoms with Crippen LogP contribution >= 0.6 is 0 Å². The van der Waals surface area contributed by atoms with Crippen molar-refractivity contribution >= 4 is 0 Å². The Morgan fingerprint density at radius 3 is 2.69 bits per heavy atom. The minimum absolute atomic E-state index is 0.136. The third-order valence-electron chi connectivity index (χ3n) is 2.41. The summed E-state index contributed by atoms with van der Waals surface area (Å²) in [4.78, 5) is 0. The summed E-state index contributed by atoms with van der Waals surface area (Å²) >= 11 is 0. The highest BCUT2D eigenvalue weighted by molar-refractivity contribution is 5.63. The van der Waals surface area contributed by atoms with E-state index in [2.05, 4.69) is 11.7 Å². The normalized spacial score (nSPS) is 10.3. The minimum atomic E-state index is -0.136. The molecule has 0 saturated heterocycles. The van der Waals surface area contributed by atoms with Gasteiger partial charge in [-0.1, -0.05) is 41.6 Å². The standard InChI is InChI=1S/C13H13NO2/c1-2-6-11-12(9-15)16-14-13(11)10-7-4-3-5-8-10/h2-5,7-8,15H,1,6,9H2. The van der Waals surface area contributed by atoms with Crippen molar-refractivity contribution in [1.82, 2.24) is 5.16 Å². The largest absolute Gasteiger partial charge is 0.388 e. The maximum Gasteiger partial charge on any atom is 0.166 e. The fraction of sp³-hybridized carbons (Fsp3) is 0.154. The second-order valence-corrected chi connectivity index (χ2v) is 3.45. The van der Waals surface area contributed by atoms with Crippen LogP contribution in [0.1, 0.15) is 11.3 Å². The van der Waals surface area contributed by atoms with Gasteiger partial charge in [0.05, 0.1) is 0 Å². The summed E-state index contributed by atoms with van der Waals surface area (Å²) in [7, 11) is 0. The third kappa shape index (κ3) is 1.90. The molecule has 0 amide bonds. The van der Waals surface area contributed by atoms with Crippen molar-refractivity contribution in [1.29, 1.82) is 0 Å². The van der Waals surface area contributed by atoms with Crippen molar-refractivity contribution in [3.05, 3.63) is 54.3 Å². The summed E-state index contributed by atoms with van der Waals surface area (Å²) in [6.45, 7) is 3.56. The van der Waals surface area contributed by atoms with Gasteiger partial charge in [0, 0.05) is 11.1 Å². The lowest BCUT2D eigenvalue weighted by atomic mass is 10.0. The summed E-state index contributed by atoms with van der Waals surface area (Å²) in [6.07, 6.45) is 2.42. The maximum absolute atomic E-state index is 9.14. The lowest BCUT2D eigenvalue weighted by Gasteiger charge is -1.99. The maximum atomic E-state index is 9.14. The molecule has 3 nitrogen and oxygen atoms in total. The zero-order valence-corrected chi connectivity index (χ0v) is 8.89. The number of allylic oxidation sites excluding steroid dienone is 1. The average molecular weight is 215 g/mol. The summed E-state index contributed by atoms with van der Waals surface area (Å²) in [5.74, 6) is 0.513. The van der Waals surface area contributed by atoms with Crippen LogP contribution in [0.2, 0.25) is 0 Å². The number of hydrogen-bond acceptors (Lipinski definition) is 3. The van der Waals surface area contributed by atoms with Crippen molar-refractivity contribution in [3.63, 3.8) is 0 Å². The van der Waals surface area contributed by atoms with Crippen LogP contribution in [-0.2, 0) is 13.0 Å². The van der Waals surface area contributed by atoms with Gasteiger partial charge in [0.1, 0.15) is 12.3 Å². The zero-order valence-electron chi connectivity index (χ0n) is 8.89. The van der Waals surface area contributed by atoms with Gasteiger partial charge in [-0.2, -0.15) is 0 Å². The number of aliphatic hydroxyl groups is 1. The molecule has 0 spiro atoms. The van der Waals surface area contributed by atoms with E-state index in [0.29, 0.717) is 12.2 Å². The molecular weight excluding hydrogens is 202 g/mol. The molecule has 0 atom stereocenters. The Morgan fingerprint density at radius 2 is 2.06 bits per heavy atom. The quantitative estimate of drug-likeness (QED) is 0.797. The van der Waals surface area contributed by atoms with Crippen LogP contribution in [0, 0.1) is 0 Å². The van der Waals surface area contributed by atoms with Gasteiger partial charge in [-0.15, -0.1) is 6.58 Å². The number of aliphatic hydroxyl groups excluding tert-OH is 1. The number of nitrogens with zero attached hydrogens (tertiary/aromatic N) is 1. The minimum Gasteiger partial charge on any atom is -0.388 e. The van der Waals surface area contributed by atoms with Crippen LogP contribution < -0.4 is 0 Å². The Bertz CT molecular complexity index is 474. The lowest BCUT2D eigenvalue weighted by molar-refractivity contribution is 0.228. The summed E-state index contributed by atoms with van der Waals surface area (Å²) in [5.41, 5.74) is 2.68. The predicted molar refractivity (Wildman–Crippen MR) is 61.8 cm³/mol. The smallest absolute Gasteiger partial charge is 0.166 e. The first-order valence-corrected chi connectivity index (χ1v) is 5.11.